The van der Waals surface area contributed by atoms with Gasteiger partial charge in [-0.05, 0) is 24.2 Å². The van der Waals surface area contributed by atoms with Crippen LogP contribution in [0.1, 0.15) is 12.8 Å². The number of carbonyl (C=O) groups excluding carboxylic acids is 1. The Kier molecular flexibility index (Phi) is 1.16. The maximum absolute atomic E-state index is 11.4. The summed E-state index contributed by atoms with van der Waals surface area (Å²) in [4.78, 5) is 11.4. The van der Waals surface area contributed by atoms with Crippen molar-refractivity contribution in [2.75, 3.05) is 0 Å². The normalized spacial score (nSPS) is 48.5. The Morgan fingerprint density at radius 2 is 2.08 bits per heavy atom. The Balaban J connectivity index is 2.05. The minimum absolute atomic E-state index is 0.376. The Bertz CT molecular complexity index is 287. The van der Waals surface area contributed by atoms with Gasteiger partial charge in [-0.3, -0.25) is 4.79 Å². The van der Waals surface area contributed by atoms with E-state index in [1.54, 1.807) is 0 Å². The molecule has 2 saturated carbocycles. The monoisotopic (exact) mass is 160 g/mol. The minimum atomic E-state index is 0.376. The van der Waals surface area contributed by atoms with Gasteiger partial charge in [-0.25, -0.2) is 0 Å². The second-order valence-corrected chi connectivity index (χ2v) is 4.19. The highest BCUT2D eigenvalue weighted by molar-refractivity contribution is 5.85. The molecule has 0 aliphatic heterocycles. The first kappa shape index (κ1) is 6.64. The number of carbonyl (C=O) groups is 1. The molecule has 1 heteroatoms. The highest BCUT2D eigenvalue weighted by atomic mass is 16.1. The lowest BCUT2D eigenvalue weighted by Gasteiger charge is -2.16. The SMILES string of the molecule is O=C1CC2C3C=CC=CC2C1C3. The summed E-state index contributed by atoms with van der Waals surface area (Å²) in [6.07, 6.45) is 10.7. The minimum Gasteiger partial charge on any atom is -0.299 e. The van der Waals surface area contributed by atoms with Crippen molar-refractivity contribution in [2.24, 2.45) is 23.7 Å². The number of rotatable bonds is 0. The van der Waals surface area contributed by atoms with Crippen LogP contribution in [-0.2, 0) is 4.79 Å². The van der Waals surface area contributed by atoms with E-state index in [4.69, 9.17) is 0 Å². The topological polar surface area (TPSA) is 17.1 Å². The largest absolute Gasteiger partial charge is 0.299 e. The van der Waals surface area contributed by atoms with Crippen LogP contribution in [0.3, 0.4) is 0 Å². The molecule has 0 aromatic heterocycles. The molecule has 3 aliphatic rings. The first-order valence-electron chi connectivity index (χ1n) is 4.74. The van der Waals surface area contributed by atoms with Crippen molar-refractivity contribution >= 4 is 5.78 Å². The molecule has 0 aromatic rings. The Labute approximate surface area is 72.2 Å². The number of ketones is 1. The second kappa shape index (κ2) is 2.09. The summed E-state index contributed by atoms with van der Waals surface area (Å²) >= 11 is 0. The average molecular weight is 160 g/mol. The quantitative estimate of drug-likeness (QED) is 0.529. The van der Waals surface area contributed by atoms with Gasteiger partial charge in [0.25, 0.3) is 0 Å². The number of hydrogen-bond acceptors (Lipinski definition) is 1. The Morgan fingerprint density at radius 3 is 3.00 bits per heavy atom. The third kappa shape index (κ3) is 0.669. The molecular formula is C11H12O. The van der Waals surface area contributed by atoms with Gasteiger partial charge in [0.2, 0.25) is 0 Å². The fourth-order valence-electron chi connectivity index (χ4n) is 3.12. The molecule has 0 spiro atoms. The van der Waals surface area contributed by atoms with Crippen molar-refractivity contribution in [3.8, 4) is 0 Å². The zero-order valence-corrected chi connectivity index (χ0v) is 6.94. The summed E-state index contributed by atoms with van der Waals surface area (Å²) in [7, 11) is 0. The third-order valence-corrected chi connectivity index (χ3v) is 3.69. The molecule has 2 fully saturated rings. The van der Waals surface area contributed by atoms with Crippen LogP contribution in [0.4, 0.5) is 0 Å². The van der Waals surface area contributed by atoms with Gasteiger partial charge in [0, 0.05) is 12.3 Å². The molecule has 0 N–H and O–H groups in total. The zero-order valence-electron chi connectivity index (χ0n) is 6.94. The molecule has 0 radical (unpaired) electrons. The van der Waals surface area contributed by atoms with E-state index in [1.165, 1.54) is 0 Å². The number of Topliss-reactive ketones (excluding diaryl/α,β-unsaturated/α-hetero) is 1. The predicted molar refractivity (Wildman–Crippen MR) is 46.5 cm³/mol. The molecule has 0 amide bonds. The fourth-order valence-corrected chi connectivity index (χ4v) is 3.12. The first-order chi connectivity index (χ1) is 5.86. The summed E-state index contributed by atoms with van der Waals surface area (Å²) < 4.78 is 0. The van der Waals surface area contributed by atoms with Crippen molar-refractivity contribution in [3.05, 3.63) is 24.3 Å². The summed E-state index contributed by atoms with van der Waals surface area (Å²) in [6, 6.07) is 0. The van der Waals surface area contributed by atoms with Gasteiger partial charge in [-0.2, -0.15) is 0 Å². The van der Waals surface area contributed by atoms with Crippen molar-refractivity contribution < 1.29 is 4.79 Å². The van der Waals surface area contributed by atoms with E-state index in [2.05, 4.69) is 24.3 Å². The van der Waals surface area contributed by atoms with Gasteiger partial charge >= 0.3 is 0 Å². The van der Waals surface area contributed by atoms with E-state index < -0.39 is 0 Å². The molecule has 0 aromatic carbocycles. The molecule has 3 aliphatic carbocycles. The van der Waals surface area contributed by atoms with Crippen LogP contribution >= 0.6 is 0 Å². The molecule has 62 valence electrons. The van der Waals surface area contributed by atoms with Gasteiger partial charge in [-0.15, -0.1) is 0 Å². The molecule has 0 saturated heterocycles. The van der Waals surface area contributed by atoms with E-state index in [9.17, 15) is 4.79 Å². The van der Waals surface area contributed by atoms with Gasteiger partial charge < -0.3 is 0 Å². The summed E-state index contributed by atoms with van der Waals surface area (Å²) in [6.45, 7) is 0. The van der Waals surface area contributed by atoms with Gasteiger partial charge in [0.05, 0.1) is 0 Å². The average Bonchev–Trinajstić information content (AvgIpc) is 2.37. The van der Waals surface area contributed by atoms with Gasteiger partial charge in [0.15, 0.2) is 0 Å². The van der Waals surface area contributed by atoms with E-state index in [1.807, 2.05) is 0 Å². The lowest BCUT2D eigenvalue weighted by Crippen LogP contribution is -2.15. The predicted octanol–water partition coefficient (Wildman–Crippen LogP) is 1.95. The van der Waals surface area contributed by atoms with E-state index in [0.717, 1.165) is 12.8 Å². The molecule has 0 heterocycles. The molecule has 3 rings (SSSR count). The summed E-state index contributed by atoms with van der Waals surface area (Å²) in [5.74, 6) is 2.82. The Hall–Kier alpha value is -0.850. The van der Waals surface area contributed by atoms with Crippen LogP contribution in [0.15, 0.2) is 24.3 Å². The van der Waals surface area contributed by atoms with Crippen LogP contribution < -0.4 is 0 Å². The van der Waals surface area contributed by atoms with Crippen LogP contribution in [0.2, 0.25) is 0 Å². The van der Waals surface area contributed by atoms with Gasteiger partial charge in [-0.1, -0.05) is 24.3 Å². The van der Waals surface area contributed by atoms with Gasteiger partial charge in [0.1, 0.15) is 5.78 Å². The first-order valence-corrected chi connectivity index (χ1v) is 4.74. The number of allylic oxidation sites excluding steroid dienone is 4. The van der Waals surface area contributed by atoms with E-state index in [0.29, 0.717) is 29.5 Å². The van der Waals surface area contributed by atoms with Crippen molar-refractivity contribution in [2.45, 2.75) is 12.8 Å². The maximum Gasteiger partial charge on any atom is 0.136 e. The fraction of sp³-hybridized carbons (Fsp3) is 0.545. The molecule has 4 unspecified atom stereocenters. The van der Waals surface area contributed by atoms with E-state index in [-0.39, 0.29) is 0 Å². The molecule has 1 nitrogen and oxygen atoms in total. The summed E-state index contributed by atoms with van der Waals surface area (Å²) in [5.41, 5.74) is 0. The number of hydrogen-bond donors (Lipinski definition) is 0. The maximum atomic E-state index is 11.4. The highest BCUT2D eigenvalue weighted by Crippen LogP contribution is 2.52. The smallest absolute Gasteiger partial charge is 0.136 e. The van der Waals surface area contributed by atoms with Crippen molar-refractivity contribution in [3.63, 3.8) is 0 Å². The zero-order chi connectivity index (χ0) is 8.13. The lowest BCUT2D eigenvalue weighted by molar-refractivity contribution is -0.122. The molecule has 12 heavy (non-hydrogen) atoms. The lowest BCUT2D eigenvalue weighted by atomic mass is 9.88. The molecule has 4 atom stereocenters. The summed E-state index contributed by atoms with van der Waals surface area (Å²) in [5, 5.41) is 0. The third-order valence-electron chi connectivity index (χ3n) is 3.69. The van der Waals surface area contributed by atoms with Crippen LogP contribution in [0.25, 0.3) is 0 Å². The second-order valence-electron chi connectivity index (χ2n) is 4.19. The standard InChI is InChI=1S/C11H12O/c12-11-6-9-7-3-1-2-4-8(9)10(11)5-7/h1-4,7-10H,5-6H2. The van der Waals surface area contributed by atoms with Crippen molar-refractivity contribution in [1.82, 2.24) is 0 Å². The van der Waals surface area contributed by atoms with Crippen molar-refractivity contribution in [1.29, 1.82) is 0 Å². The highest BCUT2D eigenvalue weighted by Gasteiger charge is 2.50. The van der Waals surface area contributed by atoms with E-state index >= 15 is 0 Å². The van der Waals surface area contributed by atoms with Crippen LogP contribution in [-0.4, -0.2) is 5.78 Å². The molecular weight excluding hydrogens is 148 g/mol. The van der Waals surface area contributed by atoms with Crippen LogP contribution in [0.5, 0.6) is 0 Å². The van der Waals surface area contributed by atoms with Crippen LogP contribution in [0, 0.1) is 23.7 Å². The Morgan fingerprint density at radius 1 is 1.25 bits per heavy atom. The molecule has 4 bridgehead atoms.